The zero-order valence-electron chi connectivity index (χ0n) is 17.5. The molecular weight excluding hydrogens is 430 g/mol. The van der Waals surface area contributed by atoms with E-state index >= 15 is 0 Å². The van der Waals surface area contributed by atoms with Crippen LogP contribution in [0.15, 0.2) is 0 Å². The molecule has 14 heteroatoms. The van der Waals surface area contributed by atoms with Crippen LogP contribution in [0.25, 0.3) is 0 Å². The van der Waals surface area contributed by atoms with Gasteiger partial charge in [-0.3, -0.25) is 24.0 Å². The van der Waals surface area contributed by atoms with Gasteiger partial charge in [0.1, 0.15) is 12.1 Å². The zero-order chi connectivity index (χ0) is 24.6. The molecule has 0 aliphatic carbocycles. The molecule has 1 aliphatic heterocycles. The molecule has 0 aromatic heterocycles. The highest BCUT2D eigenvalue weighted by atomic mass is 16.4. The monoisotopic (exact) mass is 459 g/mol. The molecule has 180 valence electrons. The van der Waals surface area contributed by atoms with Crippen molar-refractivity contribution >= 4 is 35.6 Å². The third-order valence-corrected chi connectivity index (χ3v) is 4.91. The fourth-order valence-corrected chi connectivity index (χ4v) is 3.24. The average Bonchev–Trinajstić information content (AvgIpc) is 3.17. The van der Waals surface area contributed by atoms with E-state index in [1.807, 2.05) is 5.32 Å². The van der Waals surface area contributed by atoms with Gasteiger partial charge >= 0.3 is 11.9 Å². The number of nitrogens with one attached hydrogen (secondary N) is 2. The van der Waals surface area contributed by atoms with Crippen LogP contribution in [-0.2, 0) is 28.8 Å². The second-order valence-electron chi connectivity index (χ2n) is 7.53. The summed E-state index contributed by atoms with van der Waals surface area (Å²) in [7, 11) is 0. The van der Waals surface area contributed by atoms with Crippen LogP contribution >= 0.6 is 0 Å². The van der Waals surface area contributed by atoms with Crippen molar-refractivity contribution in [3.8, 4) is 0 Å². The lowest BCUT2D eigenvalue weighted by atomic mass is 10.1. The first-order valence-electron chi connectivity index (χ1n) is 9.92. The molecule has 0 spiro atoms. The number of rotatable bonds is 12. The van der Waals surface area contributed by atoms with E-state index in [2.05, 4.69) is 5.32 Å². The highest BCUT2D eigenvalue weighted by Gasteiger charge is 2.38. The molecule has 0 aromatic carbocycles. The van der Waals surface area contributed by atoms with Crippen LogP contribution in [0.3, 0.4) is 0 Å². The molecule has 5 unspecified atom stereocenters. The minimum absolute atomic E-state index is 0.123. The summed E-state index contributed by atoms with van der Waals surface area (Å²) in [6, 6.07) is -5.38. The predicted octanol–water partition coefficient (Wildman–Crippen LogP) is -3.52. The van der Waals surface area contributed by atoms with Crippen LogP contribution in [0.2, 0.25) is 0 Å². The van der Waals surface area contributed by atoms with E-state index in [9.17, 15) is 33.9 Å². The number of hydrogen-bond acceptors (Lipinski definition) is 8. The Kier molecular flexibility index (Phi) is 10.00. The van der Waals surface area contributed by atoms with Crippen LogP contribution in [0.1, 0.15) is 39.0 Å². The molecule has 1 fully saturated rings. The average molecular weight is 459 g/mol. The third-order valence-electron chi connectivity index (χ3n) is 4.91. The Balaban J connectivity index is 2.91. The van der Waals surface area contributed by atoms with E-state index in [-0.39, 0.29) is 25.8 Å². The van der Waals surface area contributed by atoms with E-state index in [0.717, 1.165) is 6.92 Å². The summed E-state index contributed by atoms with van der Waals surface area (Å²) in [4.78, 5) is 72.2. The maximum absolute atomic E-state index is 12.8. The molecule has 0 bridgehead atoms. The zero-order valence-corrected chi connectivity index (χ0v) is 17.5. The molecule has 32 heavy (non-hydrogen) atoms. The lowest BCUT2D eigenvalue weighted by Crippen LogP contribution is -2.58. The van der Waals surface area contributed by atoms with Crippen LogP contribution in [0.5, 0.6) is 0 Å². The number of amides is 4. The van der Waals surface area contributed by atoms with Gasteiger partial charge in [-0.25, -0.2) is 4.79 Å². The molecule has 14 nitrogen and oxygen atoms in total. The molecule has 9 N–H and O–H groups in total. The summed E-state index contributed by atoms with van der Waals surface area (Å²) in [6.45, 7) is 1.32. The van der Waals surface area contributed by atoms with Crippen molar-refractivity contribution < 1.29 is 44.1 Å². The number of nitrogens with two attached hydrogens (primary N) is 2. The van der Waals surface area contributed by atoms with E-state index in [1.165, 1.54) is 4.90 Å². The summed E-state index contributed by atoms with van der Waals surface area (Å²) in [5.41, 5.74) is 10.9. The summed E-state index contributed by atoms with van der Waals surface area (Å²) in [5, 5.41) is 31.7. The third kappa shape index (κ3) is 7.77. The minimum Gasteiger partial charge on any atom is -0.481 e. The normalized spacial score (nSPS) is 19.3. The van der Waals surface area contributed by atoms with Gasteiger partial charge in [-0.15, -0.1) is 0 Å². The van der Waals surface area contributed by atoms with Gasteiger partial charge in [-0.2, -0.15) is 0 Å². The van der Waals surface area contributed by atoms with Gasteiger partial charge in [-0.05, 0) is 26.2 Å². The molecule has 4 amide bonds. The van der Waals surface area contributed by atoms with Crippen molar-refractivity contribution in [3.63, 3.8) is 0 Å². The molecule has 0 radical (unpaired) electrons. The fraction of sp³-hybridized carbons (Fsp3) is 0.667. The molecule has 5 atom stereocenters. The standard InChI is InChI=1S/C18H29N5O9/c1-8(24)14(18(31)32)22-15(28)10(7-12(20)25)21-16(29)11-3-2-6-23(11)17(30)9(19)4-5-13(26)27/h8-11,14,24H,2-7,19H2,1H3,(H2,20,25)(H,21,29)(H,22,28)(H,26,27)(H,31,32). The SMILES string of the molecule is CC(O)C(NC(=O)C(CC(N)=O)NC(=O)C1CCCN1C(=O)C(N)CCC(=O)O)C(=O)O. The lowest BCUT2D eigenvalue weighted by Gasteiger charge is -2.28. The summed E-state index contributed by atoms with van der Waals surface area (Å²) in [6.07, 6.45) is -1.88. The Morgan fingerprint density at radius 1 is 1.12 bits per heavy atom. The van der Waals surface area contributed by atoms with Gasteiger partial charge in [0.05, 0.1) is 18.6 Å². The molecule has 1 rings (SSSR count). The highest BCUT2D eigenvalue weighted by Crippen LogP contribution is 2.19. The second kappa shape index (κ2) is 12.0. The van der Waals surface area contributed by atoms with Crippen LogP contribution in [-0.4, -0.2) is 92.6 Å². The number of carboxylic acids is 2. The predicted molar refractivity (Wildman–Crippen MR) is 107 cm³/mol. The number of aliphatic hydroxyl groups excluding tert-OH is 1. The van der Waals surface area contributed by atoms with Gasteiger partial charge in [0.2, 0.25) is 23.6 Å². The fourth-order valence-electron chi connectivity index (χ4n) is 3.24. The smallest absolute Gasteiger partial charge is 0.328 e. The molecule has 1 heterocycles. The first-order valence-corrected chi connectivity index (χ1v) is 9.92. The Morgan fingerprint density at radius 3 is 2.25 bits per heavy atom. The van der Waals surface area contributed by atoms with Crippen molar-refractivity contribution in [1.29, 1.82) is 0 Å². The number of aliphatic carboxylic acids is 2. The highest BCUT2D eigenvalue weighted by molar-refractivity contribution is 5.96. The van der Waals surface area contributed by atoms with Crippen molar-refractivity contribution in [2.24, 2.45) is 11.5 Å². The molecule has 0 saturated carbocycles. The lowest BCUT2D eigenvalue weighted by molar-refractivity contribution is -0.146. The number of hydrogen-bond donors (Lipinski definition) is 7. The molecule has 0 aromatic rings. The number of carbonyl (C=O) groups excluding carboxylic acids is 4. The molecule has 1 saturated heterocycles. The number of aliphatic hydroxyl groups is 1. The van der Waals surface area contributed by atoms with Crippen LogP contribution < -0.4 is 22.1 Å². The van der Waals surface area contributed by atoms with Gasteiger partial charge in [0.25, 0.3) is 0 Å². The number of likely N-dealkylation sites (tertiary alicyclic amines) is 1. The van der Waals surface area contributed by atoms with E-state index in [4.69, 9.17) is 21.7 Å². The Labute approximate surface area is 183 Å². The van der Waals surface area contributed by atoms with Crippen molar-refractivity contribution in [2.45, 2.75) is 69.3 Å². The van der Waals surface area contributed by atoms with Crippen LogP contribution in [0.4, 0.5) is 0 Å². The molecule has 1 aliphatic rings. The van der Waals surface area contributed by atoms with Crippen molar-refractivity contribution in [1.82, 2.24) is 15.5 Å². The summed E-state index contributed by atoms with van der Waals surface area (Å²) in [5.74, 6) is -6.07. The van der Waals surface area contributed by atoms with E-state index < -0.39 is 72.3 Å². The number of primary amides is 1. The Morgan fingerprint density at radius 2 is 1.75 bits per heavy atom. The maximum Gasteiger partial charge on any atom is 0.328 e. The Hall–Kier alpha value is -3.26. The molecular formula is C18H29N5O9. The van der Waals surface area contributed by atoms with E-state index in [1.54, 1.807) is 0 Å². The second-order valence-corrected chi connectivity index (χ2v) is 7.53. The number of carbonyl (C=O) groups is 6. The quantitative estimate of drug-likeness (QED) is 0.152. The van der Waals surface area contributed by atoms with Gasteiger partial charge in [0.15, 0.2) is 6.04 Å². The number of carboxylic acid groups (broad SMARTS) is 2. The summed E-state index contributed by atoms with van der Waals surface area (Å²) >= 11 is 0. The van der Waals surface area contributed by atoms with Crippen molar-refractivity contribution in [2.75, 3.05) is 6.54 Å². The topological polar surface area (TPSA) is 242 Å². The summed E-state index contributed by atoms with van der Waals surface area (Å²) < 4.78 is 0. The van der Waals surface area contributed by atoms with Crippen LogP contribution in [0, 0.1) is 0 Å². The van der Waals surface area contributed by atoms with Gasteiger partial charge in [-0.1, -0.05) is 0 Å². The largest absolute Gasteiger partial charge is 0.481 e. The first kappa shape index (κ1) is 26.8. The maximum atomic E-state index is 12.8. The number of nitrogens with zero attached hydrogens (tertiary/aromatic N) is 1. The van der Waals surface area contributed by atoms with Gasteiger partial charge < -0.3 is 42.3 Å². The first-order chi connectivity index (χ1) is 14.8. The van der Waals surface area contributed by atoms with Gasteiger partial charge in [0, 0.05) is 13.0 Å². The Bertz CT molecular complexity index is 757. The van der Waals surface area contributed by atoms with E-state index in [0.29, 0.717) is 6.42 Å². The minimum atomic E-state index is -1.69. The van der Waals surface area contributed by atoms with Crippen molar-refractivity contribution in [3.05, 3.63) is 0 Å².